The standard InChI is InChI=1S/C29H24F3N9O/c1-15-18-10-8-17(14-23(18)39-41(15)3)40(2)24-11-12-34-28(37-24)35-16-7-9-19(21(13-16)29(30,31)32)27-36-22-6-4-5-20(26(33)42)25(22)38-27/h4-14H,1-3H3,(H2,33,42)(H,36,38)(H,34,35,37). The quantitative estimate of drug-likeness (QED) is 0.229. The topological polar surface area (TPSA) is 131 Å². The molecule has 4 N–H and O–H groups in total. The second-order valence-electron chi connectivity index (χ2n) is 9.74. The number of fused-ring (bicyclic) bond motifs is 2. The van der Waals surface area contributed by atoms with Crippen LogP contribution in [0, 0.1) is 6.92 Å². The number of imidazole rings is 1. The maximum absolute atomic E-state index is 14.2. The number of rotatable bonds is 6. The summed E-state index contributed by atoms with van der Waals surface area (Å²) in [5.74, 6) is -0.128. The lowest BCUT2D eigenvalue weighted by molar-refractivity contribution is -0.137. The predicted octanol–water partition coefficient (Wildman–Crippen LogP) is 5.84. The Morgan fingerprint density at radius 1 is 1.07 bits per heavy atom. The molecule has 10 nitrogen and oxygen atoms in total. The molecule has 3 aromatic carbocycles. The highest BCUT2D eigenvalue weighted by molar-refractivity contribution is 6.04. The number of alkyl halides is 3. The molecular weight excluding hydrogens is 547 g/mol. The number of aryl methyl sites for hydroxylation is 2. The summed E-state index contributed by atoms with van der Waals surface area (Å²) in [5.41, 5.74) is 7.84. The number of nitrogens with two attached hydrogens (primary N) is 1. The number of carbonyl (C=O) groups is 1. The van der Waals surface area contributed by atoms with E-state index in [1.807, 2.05) is 48.8 Å². The van der Waals surface area contributed by atoms with Gasteiger partial charge in [-0.2, -0.15) is 23.3 Å². The Bertz CT molecular complexity index is 1990. The smallest absolute Gasteiger partial charge is 0.366 e. The number of nitrogens with one attached hydrogen (secondary N) is 2. The number of aromatic amines is 1. The van der Waals surface area contributed by atoms with Gasteiger partial charge in [0, 0.05) is 48.3 Å². The molecule has 0 aliphatic rings. The van der Waals surface area contributed by atoms with E-state index in [4.69, 9.17) is 5.73 Å². The highest BCUT2D eigenvalue weighted by Gasteiger charge is 2.35. The van der Waals surface area contributed by atoms with Gasteiger partial charge in [0.05, 0.1) is 22.2 Å². The van der Waals surface area contributed by atoms with Gasteiger partial charge in [0.15, 0.2) is 0 Å². The van der Waals surface area contributed by atoms with Crippen molar-refractivity contribution in [2.45, 2.75) is 13.1 Å². The van der Waals surface area contributed by atoms with Crippen LogP contribution in [0.1, 0.15) is 21.6 Å². The Kier molecular flexibility index (Phi) is 6.29. The minimum absolute atomic E-state index is 0.0440. The number of anilines is 4. The molecule has 0 saturated heterocycles. The largest absolute Gasteiger partial charge is 0.417 e. The number of hydrogen-bond acceptors (Lipinski definition) is 7. The van der Waals surface area contributed by atoms with E-state index in [1.54, 1.807) is 18.2 Å². The van der Waals surface area contributed by atoms with Crippen LogP contribution in [-0.2, 0) is 13.2 Å². The summed E-state index contributed by atoms with van der Waals surface area (Å²) >= 11 is 0. The van der Waals surface area contributed by atoms with Crippen LogP contribution in [0.15, 0.2) is 66.9 Å². The van der Waals surface area contributed by atoms with Gasteiger partial charge in [0.2, 0.25) is 5.95 Å². The molecule has 42 heavy (non-hydrogen) atoms. The van der Waals surface area contributed by atoms with Crippen molar-refractivity contribution in [3.8, 4) is 11.4 Å². The molecule has 0 spiro atoms. The average Bonchev–Trinajstić information content (AvgIpc) is 3.52. The van der Waals surface area contributed by atoms with Crippen molar-refractivity contribution >= 4 is 51.0 Å². The maximum Gasteiger partial charge on any atom is 0.417 e. The zero-order valence-corrected chi connectivity index (χ0v) is 22.7. The molecule has 0 aliphatic heterocycles. The van der Waals surface area contributed by atoms with Gasteiger partial charge in [-0.3, -0.25) is 9.48 Å². The van der Waals surface area contributed by atoms with Gasteiger partial charge < -0.3 is 20.9 Å². The second-order valence-corrected chi connectivity index (χ2v) is 9.74. The van der Waals surface area contributed by atoms with E-state index >= 15 is 0 Å². The zero-order valence-electron chi connectivity index (χ0n) is 22.7. The number of hydrogen-bond donors (Lipinski definition) is 3. The van der Waals surface area contributed by atoms with Gasteiger partial charge in [-0.25, -0.2) is 9.97 Å². The molecule has 0 aliphatic carbocycles. The van der Waals surface area contributed by atoms with E-state index in [0.29, 0.717) is 11.3 Å². The molecule has 0 atom stereocenters. The first-order valence-corrected chi connectivity index (χ1v) is 12.8. The van der Waals surface area contributed by atoms with E-state index in [2.05, 4.69) is 30.4 Å². The summed E-state index contributed by atoms with van der Waals surface area (Å²) in [6.45, 7) is 1.99. The first kappa shape index (κ1) is 26.7. The number of aromatic nitrogens is 6. The Hall–Kier alpha value is -5.46. The van der Waals surface area contributed by atoms with E-state index in [0.717, 1.165) is 28.4 Å². The van der Waals surface area contributed by atoms with E-state index < -0.39 is 17.6 Å². The minimum atomic E-state index is -4.70. The number of amides is 1. The van der Waals surface area contributed by atoms with Crippen LogP contribution in [-0.4, -0.2) is 42.7 Å². The number of para-hydroxylation sites is 1. The second kappa shape index (κ2) is 9.87. The van der Waals surface area contributed by atoms with E-state index in [-0.39, 0.29) is 34.1 Å². The summed E-state index contributed by atoms with van der Waals surface area (Å²) in [4.78, 5) is 29.4. The third-order valence-corrected chi connectivity index (χ3v) is 7.10. The number of benzene rings is 3. The molecule has 3 aromatic heterocycles. The van der Waals surface area contributed by atoms with Crippen molar-refractivity contribution in [2.75, 3.05) is 17.3 Å². The molecule has 0 unspecified atom stereocenters. The SMILES string of the molecule is Cc1c2ccc(N(C)c3ccnc(Nc4ccc(-c5nc6c(C(N)=O)cccc6[nH]5)c(C(F)(F)F)c4)n3)cc2nn1C. The highest BCUT2D eigenvalue weighted by atomic mass is 19.4. The summed E-state index contributed by atoms with van der Waals surface area (Å²) in [5, 5.41) is 8.45. The van der Waals surface area contributed by atoms with E-state index in [1.165, 1.54) is 24.4 Å². The molecule has 0 radical (unpaired) electrons. The van der Waals surface area contributed by atoms with Crippen molar-refractivity contribution in [1.82, 2.24) is 29.7 Å². The van der Waals surface area contributed by atoms with Crippen LogP contribution in [0.5, 0.6) is 0 Å². The van der Waals surface area contributed by atoms with Crippen LogP contribution in [0.2, 0.25) is 0 Å². The number of H-pyrrole nitrogens is 1. The predicted molar refractivity (Wildman–Crippen MR) is 154 cm³/mol. The van der Waals surface area contributed by atoms with Crippen LogP contribution in [0.25, 0.3) is 33.3 Å². The van der Waals surface area contributed by atoms with Gasteiger partial charge in [-0.15, -0.1) is 0 Å². The summed E-state index contributed by atoms with van der Waals surface area (Å²) < 4.78 is 44.5. The lowest BCUT2D eigenvalue weighted by Gasteiger charge is -2.19. The molecule has 6 rings (SSSR count). The Morgan fingerprint density at radius 2 is 1.88 bits per heavy atom. The number of nitrogens with zero attached hydrogens (tertiary/aromatic N) is 6. The summed E-state index contributed by atoms with van der Waals surface area (Å²) in [7, 11) is 3.71. The molecule has 0 bridgehead atoms. The number of primary amides is 1. The normalized spacial score (nSPS) is 11.8. The first-order valence-electron chi connectivity index (χ1n) is 12.8. The fraction of sp³-hybridized carbons (Fsp3) is 0.138. The average molecular weight is 572 g/mol. The van der Waals surface area contributed by atoms with Gasteiger partial charge in [-0.05, 0) is 61.5 Å². The highest BCUT2D eigenvalue weighted by Crippen LogP contribution is 2.39. The molecule has 6 aromatic rings. The molecule has 0 saturated carbocycles. The van der Waals surface area contributed by atoms with Crippen molar-refractivity contribution in [3.05, 3.63) is 83.7 Å². The van der Waals surface area contributed by atoms with Gasteiger partial charge in [0.1, 0.15) is 17.2 Å². The van der Waals surface area contributed by atoms with Crippen molar-refractivity contribution < 1.29 is 18.0 Å². The van der Waals surface area contributed by atoms with Crippen molar-refractivity contribution in [1.29, 1.82) is 0 Å². The van der Waals surface area contributed by atoms with E-state index in [9.17, 15) is 18.0 Å². The molecule has 3 heterocycles. The van der Waals surface area contributed by atoms with Crippen LogP contribution < -0.4 is 16.0 Å². The number of halogens is 3. The third kappa shape index (κ3) is 4.74. The summed E-state index contributed by atoms with van der Waals surface area (Å²) in [6.07, 6.45) is -3.18. The van der Waals surface area contributed by atoms with Crippen molar-refractivity contribution in [2.24, 2.45) is 12.8 Å². The van der Waals surface area contributed by atoms with Gasteiger partial charge in [-0.1, -0.05) is 6.07 Å². The summed E-state index contributed by atoms with van der Waals surface area (Å²) in [6, 6.07) is 16.0. The van der Waals surface area contributed by atoms with Crippen molar-refractivity contribution in [3.63, 3.8) is 0 Å². The molecule has 13 heteroatoms. The molecule has 212 valence electrons. The fourth-order valence-corrected chi connectivity index (χ4v) is 4.81. The molecule has 1 amide bonds. The number of carbonyl (C=O) groups excluding carboxylic acids is 1. The minimum Gasteiger partial charge on any atom is -0.366 e. The van der Waals surface area contributed by atoms with Crippen LogP contribution in [0.3, 0.4) is 0 Å². The Labute approximate surface area is 237 Å². The van der Waals surface area contributed by atoms with Gasteiger partial charge in [0.25, 0.3) is 5.91 Å². The lowest BCUT2D eigenvalue weighted by atomic mass is 10.1. The Balaban J connectivity index is 1.31. The molecule has 0 fully saturated rings. The molecular formula is C29H24F3N9O. The third-order valence-electron chi connectivity index (χ3n) is 7.10. The lowest BCUT2D eigenvalue weighted by Crippen LogP contribution is -2.12. The van der Waals surface area contributed by atoms with Gasteiger partial charge >= 0.3 is 6.18 Å². The van der Waals surface area contributed by atoms with Crippen LogP contribution in [0.4, 0.5) is 36.3 Å². The Morgan fingerprint density at radius 3 is 2.64 bits per heavy atom. The zero-order chi connectivity index (χ0) is 29.8. The van der Waals surface area contributed by atoms with Crippen LogP contribution >= 0.6 is 0 Å². The maximum atomic E-state index is 14.2. The first-order chi connectivity index (χ1) is 20.0. The fourth-order valence-electron chi connectivity index (χ4n) is 4.81. The monoisotopic (exact) mass is 571 g/mol.